The maximum absolute atomic E-state index is 11.6. The topological polar surface area (TPSA) is 55.1 Å². The highest BCUT2D eigenvalue weighted by atomic mass is 79.9. The number of carbonyl (C=O) groups excluding carboxylic acids is 1. The summed E-state index contributed by atoms with van der Waals surface area (Å²) in [4.78, 5) is 12.9. The van der Waals surface area contributed by atoms with Gasteiger partial charge in [-0.1, -0.05) is 6.92 Å². The lowest BCUT2D eigenvalue weighted by molar-refractivity contribution is -0.125. The van der Waals surface area contributed by atoms with Crippen LogP contribution in [0.1, 0.15) is 25.1 Å². The molecule has 90 valence electrons. The summed E-state index contributed by atoms with van der Waals surface area (Å²) in [5.41, 5.74) is 5.07. The minimum absolute atomic E-state index is 0.0781. The normalized spacial score (nSPS) is 14.5. The van der Waals surface area contributed by atoms with Crippen molar-refractivity contribution in [3.05, 3.63) is 20.8 Å². The van der Waals surface area contributed by atoms with Crippen molar-refractivity contribution in [2.45, 2.75) is 32.2 Å². The van der Waals surface area contributed by atoms with Crippen molar-refractivity contribution < 1.29 is 4.79 Å². The van der Waals surface area contributed by atoms with Gasteiger partial charge in [0.1, 0.15) is 0 Å². The first-order valence-electron chi connectivity index (χ1n) is 5.27. The molecule has 1 aromatic heterocycles. The summed E-state index contributed by atoms with van der Waals surface area (Å²) in [6, 6.07) is 4.07. The van der Waals surface area contributed by atoms with E-state index >= 15 is 0 Å². The van der Waals surface area contributed by atoms with Gasteiger partial charge in [0.15, 0.2) is 0 Å². The first-order valence-corrected chi connectivity index (χ1v) is 6.88. The van der Waals surface area contributed by atoms with E-state index in [1.165, 1.54) is 4.88 Å². The molecule has 1 rings (SSSR count). The van der Waals surface area contributed by atoms with Crippen molar-refractivity contribution in [2.24, 2.45) is 5.73 Å². The van der Waals surface area contributed by atoms with Gasteiger partial charge in [-0.25, -0.2) is 0 Å². The van der Waals surface area contributed by atoms with Crippen LogP contribution in [0, 0.1) is 0 Å². The van der Waals surface area contributed by atoms with Crippen molar-refractivity contribution in [2.75, 3.05) is 6.54 Å². The zero-order chi connectivity index (χ0) is 12.2. The zero-order valence-electron chi connectivity index (χ0n) is 9.55. The maximum Gasteiger partial charge on any atom is 0.239 e. The number of thiophene rings is 1. The molecule has 0 aliphatic heterocycles. The van der Waals surface area contributed by atoms with E-state index < -0.39 is 5.54 Å². The Morgan fingerprint density at radius 2 is 2.31 bits per heavy atom. The van der Waals surface area contributed by atoms with Crippen molar-refractivity contribution in [1.82, 2.24) is 5.32 Å². The van der Waals surface area contributed by atoms with Crippen molar-refractivity contribution in [1.29, 1.82) is 0 Å². The minimum Gasteiger partial charge on any atom is -0.354 e. The average Bonchev–Trinajstić information content (AvgIpc) is 2.64. The molecule has 1 atom stereocenters. The number of rotatable bonds is 5. The summed E-state index contributed by atoms with van der Waals surface area (Å²) in [6.07, 6.45) is 1.49. The summed E-state index contributed by atoms with van der Waals surface area (Å²) in [6.45, 7) is 4.30. The number of hydrogen-bond acceptors (Lipinski definition) is 3. The van der Waals surface area contributed by atoms with Crippen LogP contribution in [0.2, 0.25) is 0 Å². The van der Waals surface area contributed by atoms with Crippen LogP contribution in [-0.2, 0) is 11.2 Å². The second-order valence-electron chi connectivity index (χ2n) is 3.98. The van der Waals surface area contributed by atoms with Gasteiger partial charge in [-0.15, -0.1) is 11.3 Å². The van der Waals surface area contributed by atoms with Gasteiger partial charge in [0.25, 0.3) is 0 Å². The van der Waals surface area contributed by atoms with E-state index in [1.54, 1.807) is 18.3 Å². The number of carbonyl (C=O) groups is 1. The van der Waals surface area contributed by atoms with Gasteiger partial charge in [0.2, 0.25) is 5.91 Å². The van der Waals surface area contributed by atoms with E-state index in [0.717, 1.165) is 10.2 Å². The molecule has 1 unspecified atom stereocenters. The molecule has 3 N–H and O–H groups in total. The van der Waals surface area contributed by atoms with E-state index in [0.29, 0.717) is 13.0 Å². The Morgan fingerprint density at radius 3 is 2.81 bits per heavy atom. The fourth-order valence-electron chi connectivity index (χ4n) is 1.15. The molecule has 5 heteroatoms. The number of halogens is 1. The van der Waals surface area contributed by atoms with Crippen LogP contribution in [0.3, 0.4) is 0 Å². The molecule has 0 bridgehead atoms. The third kappa shape index (κ3) is 3.88. The van der Waals surface area contributed by atoms with Crippen LogP contribution in [-0.4, -0.2) is 18.0 Å². The zero-order valence-corrected chi connectivity index (χ0v) is 12.0. The molecule has 1 aromatic rings. The molecular formula is C11H17BrN2OS. The van der Waals surface area contributed by atoms with E-state index in [9.17, 15) is 4.79 Å². The van der Waals surface area contributed by atoms with Crippen LogP contribution >= 0.6 is 27.3 Å². The first-order chi connectivity index (χ1) is 7.45. The van der Waals surface area contributed by atoms with Crippen LogP contribution < -0.4 is 11.1 Å². The van der Waals surface area contributed by atoms with Crippen molar-refractivity contribution in [3.8, 4) is 0 Å². The summed E-state index contributed by atoms with van der Waals surface area (Å²) in [7, 11) is 0. The quantitative estimate of drug-likeness (QED) is 0.877. The van der Waals surface area contributed by atoms with Crippen molar-refractivity contribution in [3.63, 3.8) is 0 Å². The van der Waals surface area contributed by atoms with Gasteiger partial charge in [0.05, 0.1) is 9.33 Å². The van der Waals surface area contributed by atoms with Crippen LogP contribution in [0.5, 0.6) is 0 Å². The van der Waals surface area contributed by atoms with E-state index in [1.807, 2.05) is 13.0 Å². The number of nitrogens with one attached hydrogen (secondary N) is 1. The lowest BCUT2D eigenvalue weighted by atomic mass is 9.99. The second-order valence-corrected chi connectivity index (χ2v) is 6.53. The minimum atomic E-state index is -0.754. The first kappa shape index (κ1) is 13.7. The fraction of sp³-hybridized carbons (Fsp3) is 0.545. The maximum atomic E-state index is 11.6. The van der Waals surface area contributed by atoms with Crippen LogP contribution in [0.15, 0.2) is 15.9 Å². The molecule has 16 heavy (non-hydrogen) atoms. The molecule has 0 aliphatic rings. The molecule has 0 radical (unpaired) electrons. The SMILES string of the molecule is CCC(C)(N)C(=O)NCCc1ccc(Br)s1. The number of hydrogen-bond donors (Lipinski definition) is 2. The molecule has 0 aromatic carbocycles. The second kappa shape index (κ2) is 5.80. The highest BCUT2D eigenvalue weighted by Crippen LogP contribution is 2.22. The van der Waals surface area contributed by atoms with Crippen molar-refractivity contribution >= 4 is 33.2 Å². The predicted octanol–water partition coefficient (Wildman–Crippen LogP) is 2.30. The van der Waals surface area contributed by atoms with Crippen LogP contribution in [0.25, 0.3) is 0 Å². The standard InChI is InChI=1S/C11H17BrN2OS/c1-3-11(2,13)10(15)14-7-6-8-4-5-9(12)16-8/h4-5H,3,6-7,13H2,1-2H3,(H,14,15). The number of amides is 1. The Bertz CT molecular complexity index is 363. The molecule has 1 heterocycles. The average molecular weight is 305 g/mol. The van der Waals surface area contributed by atoms with E-state index in [4.69, 9.17) is 5.73 Å². The molecule has 1 amide bonds. The summed E-state index contributed by atoms with van der Waals surface area (Å²) < 4.78 is 1.12. The molecule has 0 aliphatic carbocycles. The summed E-state index contributed by atoms with van der Waals surface area (Å²) in [5.74, 6) is -0.0781. The summed E-state index contributed by atoms with van der Waals surface area (Å²) in [5, 5.41) is 2.86. The third-order valence-electron chi connectivity index (χ3n) is 2.54. The molecule has 0 saturated carbocycles. The van der Waals surface area contributed by atoms with Gasteiger partial charge in [-0.05, 0) is 47.8 Å². The predicted molar refractivity (Wildman–Crippen MR) is 71.6 cm³/mol. The summed E-state index contributed by atoms with van der Waals surface area (Å²) >= 11 is 5.09. The van der Waals surface area contributed by atoms with Gasteiger partial charge >= 0.3 is 0 Å². The fourth-order valence-corrected chi connectivity index (χ4v) is 2.63. The Hall–Kier alpha value is -0.390. The largest absolute Gasteiger partial charge is 0.354 e. The highest BCUT2D eigenvalue weighted by molar-refractivity contribution is 9.11. The molecule has 0 spiro atoms. The highest BCUT2D eigenvalue weighted by Gasteiger charge is 2.25. The monoisotopic (exact) mass is 304 g/mol. The molecule has 3 nitrogen and oxygen atoms in total. The molecule has 0 fully saturated rings. The van der Waals surface area contributed by atoms with E-state index in [2.05, 4.69) is 27.3 Å². The third-order valence-corrected chi connectivity index (χ3v) is 4.22. The lowest BCUT2D eigenvalue weighted by Crippen LogP contribution is -2.51. The van der Waals surface area contributed by atoms with Gasteiger partial charge in [-0.3, -0.25) is 4.79 Å². The Balaban J connectivity index is 2.33. The van der Waals surface area contributed by atoms with E-state index in [-0.39, 0.29) is 5.91 Å². The lowest BCUT2D eigenvalue weighted by Gasteiger charge is -2.21. The molecule has 0 saturated heterocycles. The Morgan fingerprint density at radius 1 is 1.62 bits per heavy atom. The number of nitrogens with two attached hydrogens (primary N) is 1. The van der Waals surface area contributed by atoms with Gasteiger partial charge in [0, 0.05) is 11.4 Å². The molecular weight excluding hydrogens is 288 g/mol. The van der Waals surface area contributed by atoms with Crippen LogP contribution in [0.4, 0.5) is 0 Å². The Labute approximate surface area is 109 Å². The smallest absolute Gasteiger partial charge is 0.239 e. The van der Waals surface area contributed by atoms with Gasteiger partial charge < -0.3 is 11.1 Å². The van der Waals surface area contributed by atoms with Gasteiger partial charge in [-0.2, -0.15) is 0 Å². The Kier molecular flexibility index (Phi) is 4.95.